The van der Waals surface area contributed by atoms with Crippen molar-refractivity contribution < 1.29 is 28.2 Å². The predicted octanol–water partition coefficient (Wildman–Crippen LogP) is 3.61. The smallest absolute Gasteiger partial charge is 0.408 e. The van der Waals surface area contributed by atoms with Gasteiger partial charge >= 0.3 is 6.09 Å². The van der Waals surface area contributed by atoms with Crippen LogP contribution < -0.4 is 10.2 Å². The number of hydrogen-bond donors (Lipinski definition) is 1. The van der Waals surface area contributed by atoms with E-state index < -0.39 is 12.2 Å². The topological polar surface area (TPSA) is 80.3 Å². The van der Waals surface area contributed by atoms with Crippen molar-refractivity contribution in [1.82, 2.24) is 10.2 Å². The van der Waals surface area contributed by atoms with Crippen molar-refractivity contribution in [2.24, 2.45) is 5.92 Å². The number of amides is 2. The summed E-state index contributed by atoms with van der Waals surface area (Å²) in [7, 11) is 0. The number of anilines is 1. The highest BCUT2D eigenvalue weighted by atomic mass is 19.1. The van der Waals surface area contributed by atoms with Crippen molar-refractivity contribution in [1.29, 1.82) is 0 Å². The number of morpholine rings is 1. The van der Waals surface area contributed by atoms with Crippen LogP contribution in [0.2, 0.25) is 0 Å². The van der Waals surface area contributed by atoms with Gasteiger partial charge in [0.25, 0.3) is 5.91 Å². The van der Waals surface area contributed by atoms with Gasteiger partial charge in [0, 0.05) is 30.7 Å². The molecule has 3 fully saturated rings. The highest BCUT2D eigenvalue weighted by Gasteiger charge is 2.44. The van der Waals surface area contributed by atoms with Crippen LogP contribution in [0.25, 0.3) is 0 Å². The van der Waals surface area contributed by atoms with Gasteiger partial charge in [0.15, 0.2) is 6.10 Å². The Morgan fingerprint density at radius 2 is 1.89 bits per heavy atom. The number of ether oxygens (including phenoxy) is 3. The van der Waals surface area contributed by atoms with Crippen LogP contribution in [0.15, 0.2) is 18.2 Å². The number of nitrogens with zero attached hydrogens (tertiary/aromatic N) is 2. The lowest BCUT2D eigenvalue weighted by atomic mass is 9.85. The van der Waals surface area contributed by atoms with Gasteiger partial charge in [-0.15, -0.1) is 0 Å². The highest BCUT2D eigenvalue weighted by molar-refractivity contribution is 5.83. The van der Waals surface area contributed by atoms with Crippen LogP contribution in [0, 0.1) is 11.7 Å². The summed E-state index contributed by atoms with van der Waals surface area (Å²) < 4.78 is 31.0. The maximum atomic E-state index is 14.0. The van der Waals surface area contributed by atoms with Gasteiger partial charge in [-0.05, 0) is 36.1 Å². The van der Waals surface area contributed by atoms with E-state index in [9.17, 15) is 14.0 Å². The van der Waals surface area contributed by atoms with Gasteiger partial charge in [-0.25, -0.2) is 9.18 Å². The minimum Gasteiger partial charge on any atom is -0.436 e. The molecule has 3 atom stereocenters. The molecule has 4 aliphatic rings. The van der Waals surface area contributed by atoms with Gasteiger partial charge in [-0.3, -0.25) is 4.79 Å². The van der Waals surface area contributed by atoms with Crippen LogP contribution in [-0.2, 0) is 24.4 Å². The van der Waals surface area contributed by atoms with Crippen LogP contribution in [0.4, 0.5) is 14.9 Å². The van der Waals surface area contributed by atoms with E-state index in [1.54, 1.807) is 11.0 Å². The summed E-state index contributed by atoms with van der Waals surface area (Å²) in [5.74, 6) is 0.0202. The Bertz CT molecular complexity index is 977. The number of nitrogens with one attached hydrogen (secondary N) is 1. The van der Waals surface area contributed by atoms with Gasteiger partial charge in [0.2, 0.25) is 0 Å². The lowest BCUT2D eigenvalue weighted by molar-refractivity contribution is -0.145. The molecule has 1 aromatic rings. The van der Waals surface area contributed by atoms with Crippen molar-refractivity contribution in [3.8, 4) is 0 Å². The lowest BCUT2D eigenvalue weighted by Crippen LogP contribution is -2.53. The Morgan fingerprint density at radius 1 is 1.14 bits per heavy atom. The number of halogens is 1. The summed E-state index contributed by atoms with van der Waals surface area (Å²) in [6.07, 6.45) is 4.88. The maximum Gasteiger partial charge on any atom is 0.408 e. The SMILES string of the molecule is CC1(C)CN(C2COCC2NC(=O)OC(CC2CCCCC2)C(=O)N2CCOCC2)c2ccc(F)cc21. The molecule has 1 aromatic carbocycles. The Morgan fingerprint density at radius 3 is 2.65 bits per heavy atom. The third kappa shape index (κ3) is 5.87. The zero-order chi connectivity index (χ0) is 26.0. The molecule has 0 spiro atoms. The van der Waals surface area contributed by atoms with Gasteiger partial charge in [0.05, 0.1) is 38.5 Å². The number of benzene rings is 1. The first kappa shape index (κ1) is 26.2. The molecule has 37 heavy (non-hydrogen) atoms. The molecule has 0 aromatic heterocycles. The van der Waals surface area contributed by atoms with Gasteiger partial charge in [0.1, 0.15) is 5.82 Å². The van der Waals surface area contributed by atoms with Crippen molar-refractivity contribution in [3.05, 3.63) is 29.6 Å². The molecule has 9 heteroatoms. The van der Waals surface area contributed by atoms with Crippen molar-refractivity contribution in [2.75, 3.05) is 51.0 Å². The summed E-state index contributed by atoms with van der Waals surface area (Å²) in [4.78, 5) is 30.5. The molecule has 1 aliphatic carbocycles. The third-order valence-corrected chi connectivity index (χ3v) is 8.44. The van der Waals surface area contributed by atoms with E-state index in [1.807, 2.05) is 6.07 Å². The van der Waals surface area contributed by atoms with Crippen LogP contribution in [0.5, 0.6) is 0 Å². The summed E-state index contributed by atoms with van der Waals surface area (Å²) in [5.41, 5.74) is 1.71. The first-order valence-electron chi connectivity index (χ1n) is 13.8. The normalized spacial score (nSPS) is 26.6. The molecule has 2 saturated heterocycles. The monoisotopic (exact) mass is 517 g/mol. The van der Waals surface area contributed by atoms with E-state index in [1.165, 1.54) is 12.5 Å². The first-order chi connectivity index (χ1) is 17.8. The molecular weight excluding hydrogens is 477 g/mol. The molecule has 8 nitrogen and oxygen atoms in total. The molecular formula is C28H40FN3O5. The number of fused-ring (bicyclic) bond motifs is 1. The fraction of sp³-hybridized carbons (Fsp3) is 0.714. The van der Waals surface area contributed by atoms with Crippen LogP contribution >= 0.6 is 0 Å². The fourth-order valence-corrected chi connectivity index (χ4v) is 6.41. The second-order valence-corrected chi connectivity index (χ2v) is 11.6. The standard InChI is InChI=1S/C28H40FN3O5/c1-28(2)18-32(23-9-8-20(29)15-21(23)28)24-17-36-16-22(24)30-27(34)37-25(14-19-6-4-3-5-7-19)26(33)31-10-12-35-13-11-31/h8-9,15,19,22,24-25H,3-7,10-14,16-18H2,1-2H3,(H,30,34). The second-order valence-electron chi connectivity index (χ2n) is 11.6. The van der Waals surface area contributed by atoms with Gasteiger partial charge in [-0.1, -0.05) is 46.0 Å². The molecule has 204 valence electrons. The highest BCUT2D eigenvalue weighted by Crippen LogP contribution is 2.42. The number of carbonyl (C=O) groups excluding carboxylic acids is 2. The molecule has 3 unspecified atom stereocenters. The van der Waals surface area contributed by atoms with Crippen LogP contribution in [0.1, 0.15) is 57.9 Å². The molecule has 0 radical (unpaired) electrons. The number of carbonyl (C=O) groups is 2. The van der Waals surface area contributed by atoms with Gasteiger partial charge in [-0.2, -0.15) is 0 Å². The number of rotatable bonds is 6. The zero-order valence-electron chi connectivity index (χ0n) is 22.0. The molecule has 3 heterocycles. The Balaban J connectivity index is 1.26. The lowest BCUT2D eigenvalue weighted by Gasteiger charge is -2.34. The maximum absolute atomic E-state index is 14.0. The molecule has 1 saturated carbocycles. The van der Waals surface area contributed by atoms with Crippen molar-refractivity contribution >= 4 is 17.7 Å². The van der Waals surface area contributed by atoms with Crippen molar-refractivity contribution in [3.63, 3.8) is 0 Å². The van der Waals surface area contributed by atoms with E-state index in [-0.39, 0.29) is 29.2 Å². The van der Waals surface area contributed by atoms with E-state index >= 15 is 0 Å². The average Bonchev–Trinajstić information content (AvgIpc) is 3.45. The predicted molar refractivity (Wildman–Crippen MR) is 137 cm³/mol. The molecule has 5 rings (SSSR count). The Kier molecular flexibility index (Phi) is 7.91. The van der Waals surface area contributed by atoms with E-state index in [4.69, 9.17) is 14.2 Å². The third-order valence-electron chi connectivity index (χ3n) is 8.44. The Hall–Kier alpha value is -2.39. The second kappa shape index (κ2) is 11.2. The van der Waals surface area contributed by atoms with E-state index in [0.717, 1.165) is 36.9 Å². The molecule has 0 bridgehead atoms. The zero-order valence-corrected chi connectivity index (χ0v) is 22.0. The summed E-state index contributed by atoms with van der Waals surface area (Å²) in [6.45, 7) is 7.78. The van der Waals surface area contributed by atoms with Gasteiger partial charge < -0.3 is 29.3 Å². The van der Waals surface area contributed by atoms with Crippen molar-refractivity contribution in [2.45, 2.75) is 76.0 Å². The number of hydrogen-bond acceptors (Lipinski definition) is 6. The van der Waals surface area contributed by atoms with Crippen LogP contribution in [0.3, 0.4) is 0 Å². The quantitative estimate of drug-likeness (QED) is 0.621. The minimum absolute atomic E-state index is 0.106. The summed E-state index contributed by atoms with van der Waals surface area (Å²) >= 11 is 0. The molecule has 3 aliphatic heterocycles. The van der Waals surface area contributed by atoms with Crippen LogP contribution in [-0.4, -0.2) is 81.1 Å². The summed E-state index contributed by atoms with van der Waals surface area (Å²) in [6, 6.07) is 4.49. The largest absolute Gasteiger partial charge is 0.436 e. The van der Waals surface area contributed by atoms with E-state index in [0.29, 0.717) is 58.4 Å². The summed E-state index contributed by atoms with van der Waals surface area (Å²) in [5, 5.41) is 3.00. The Labute approximate surface area is 218 Å². The molecule has 1 N–H and O–H groups in total. The molecule has 2 amide bonds. The van der Waals surface area contributed by atoms with E-state index in [2.05, 4.69) is 24.1 Å². The fourth-order valence-electron chi connectivity index (χ4n) is 6.41. The average molecular weight is 518 g/mol. The number of alkyl carbamates (subject to hydrolysis) is 1. The first-order valence-corrected chi connectivity index (χ1v) is 13.8. The minimum atomic E-state index is -0.795.